The second-order valence-corrected chi connectivity index (χ2v) is 5.01. The predicted molar refractivity (Wildman–Crippen MR) is 68.2 cm³/mol. The van der Waals surface area contributed by atoms with Gasteiger partial charge in [-0.3, -0.25) is 5.41 Å². The van der Waals surface area contributed by atoms with Gasteiger partial charge in [0.2, 0.25) is 5.95 Å². The number of nitrogens with two attached hydrogens (primary N) is 1. The SMILES string of the molecule is CC1CC(C)CN(c2nccc(C(=N)N)n2)C1. The lowest BCUT2D eigenvalue weighted by Crippen LogP contribution is -2.39. The maximum Gasteiger partial charge on any atom is 0.225 e. The average molecular weight is 233 g/mol. The summed E-state index contributed by atoms with van der Waals surface area (Å²) in [6, 6.07) is 1.67. The smallest absolute Gasteiger partial charge is 0.225 e. The van der Waals surface area contributed by atoms with Crippen LogP contribution in [0.3, 0.4) is 0 Å². The van der Waals surface area contributed by atoms with Gasteiger partial charge in [0.05, 0.1) is 0 Å². The minimum Gasteiger partial charge on any atom is -0.382 e. The lowest BCUT2D eigenvalue weighted by molar-refractivity contribution is 0.353. The highest BCUT2D eigenvalue weighted by Gasteiger charge is 2.23. The maximum atomic E-state index is 7.39. The van der Waals surface area contributed by atoms with E-state index < -0.39 is 0 Å². The minimum absolute atomic E-state index is 0.00763. The highest BCUT2D eigenvalue weighted by atomic mass is 15.3. The topological polar surface area (TPSA) is 78.9 Å². The van der Waals surface area contributed by atoms with Crippen LogP contribution in [0.2, 0.25) is 0 Å². The summed E-state index contributed by atoms with van der Waals surface area (Å²) in [4.78, 5) is 10.8. The monoisotopic (exact) mass is 233 g/mol. The summed E-state index contributed by atoms with van der Waals surface area (Å²) in [5, 5.41) is 7.39. The Bertz CT molecular complexity index is 407. The number of aromatic nitrogens is 2. The number of nitrogens with zero attached hydrogens (tertiary/aromatic N) is 3. The number of hydrogen-bond donors (Lipinski definition) is 2. The number of rotatable bonds is 2. The third-order valence-electron chi connectivity index (χ3n) is 3.07. The van der Waals surface area contributed by atoms with Crippen LogP contribution < -0.4 is 10.6 Å². The fourth-order valence-electron chi connectivity index (χ4n) is 2.48. The highest BCUT2D eigenvalue weighted by Crippen LogP contribution is 2.23. The molecule has 5 heteroatoms. The van der Waals surface area contributed by atoms with Crippen LogP contribution in [0, 0.1) is 17.2 Å². The molecule has 1 aromatic rings. The van der Waals surface area contributed by atoms with E-state index in [0.29, 0.717) is 23.5 Å². The van der Waals surface area contributed by atoms with Crippen molar-refractivity contribution in [3.05, 3.63) is 18.0 Å². The van der Waals surface area contributed by atoms with Crippen molar-refractivity contribution in [2.24, 2.45) is 17.6 Å². The second kappa shape index (κ2) is 4.69. The molecule has 1 aromatic heterocycles. The molecule has 1 aliphatic heterocycles. The molecule has 1 saturated heterocycles. The zero-order valence-corrected chi connectivity index (χ0v) is 10.3. The first-order valence-corrected chi connectivity index (χ1v) is 5.98. The predicted octanol–water partition coefficient (Wildman–Crippen LogP) is 1.24. The standard InChI is InChI=1S/C12H19N5/c1-8-5-9(2)7-17(6-8)12-15-4-3-10(16-12)11(13)14/h3-4,8-9H,5-7H2,1-2H3,(H3,13,14). The van der Waals surface area contributed by atoms with E-state index in [0.717, 1.165) is 13.1 Å². The number of anilines is 1. The number of amidine groups is 1. The van der Waals surface area contributed by atoms with Crippen molar-refractivity contribution < 1.29 is 0 Å². The van der Waals surface area contributed by atoms with Crippen LogP contribution in [0.5, 0.6) is 0 Å². The van der Waals surface area contributed by atoms with E-state index in [4.69, 9.17) is 11.1 Å². The van der Waals surface area contributed by atoms with Crippen molar-refractivity contribution in [3.63, 3.8) is 0 Å². The van der Waals surface area contributed by atoms with E-state index in [1.165, 1.54) is 6.42 Å². The van der Waals surface area contributed by atoms with Crippen LogP contribution in [0.1, 0.15) is 26.0 Å². The molecule has 2 rings (SSSR count). The zero-order chi connectivity index (χ0) is 12.4. The van der Waals surface area contributed by atoms with Crippen molar-refractivity contribution in [1.29, 1.82) is 5.41 Å². The summed E-state index contributed by atoms with van der Waals surface area (Å²) in [7, 11) is 0. The molecule has 3 N–H and O–H groups in total. The van der Waals surface area contributed by atoms with E-state index in [9.17, 15) is 0 Å². The summed E-state index contributed by atoms with van der Waals surface area (Å²) in [6.45, 7) is 6.45. The second-order valence-electron chi connectivity index (χ2n) is 5.01. The fourth-order valence-corrected chi connectivity index (χ4v) is 2.48. The first-order chi connectivity index (χ1) is 8.06. The number of piperidine rings is 1. The summed E-state index contributed by atoms with van der Waals surface area (Å²) in [5.74, 6) is 1.99. The van der Waals surface area contributed by atoms with Gasteiger partial charge in [-0.25, -0.2) is 9.97 Å². The molecule has 2 atom stereocenters. The molecule has 0 amide bonds. The number of nitrogens with one attached hydrogen (secondary N) is 1. The van der Waals surface area contributed by atoms with Crippen LogP contribution in [0.4, 0.5) is 5.95 Å². The molecular weight excluding hydrogens is 214 g/mol. The van der Waals surface area contributed by atoms with Gasteiger partial charge in [-0.2, -0.15) is 0 Å². The Morgan fingerprint density at radius 2 is 2.06 bits per heavy atom. The summed E-state index contributed by atoms with van der Waals surface area (Å²) in [6.07, 6.45) is 2.92. The molecular formula is C12H19N5. The Hall–Kier alpha value is -1.65. The molecule has 92 valence electrons. The Morgan fingerprint density at radius 1 is 1.41 bits per heavy atom. The zero-order valence-electron chi connectivity index (χ0n) is 10.3. The first kappa shape index (κ1) is 11.8. The molecule has 0 radical (unpaired) electrons. The molecule has 0 bridgehead atoms. The molecule has 0 saturated carbocycles. The number of hydrogen-bond acceptors (Lipinski definition) is 4. The van der Waals surface area contributed by atoms with Gasteiger partial charge in [0.1, 0.15) is 11.5 Å². The Balaban J connectivity index is 2.21. The maximum absolute atomic E-state index is 7.39. The Kier molecular flexibility index (Phi) is 3.26. The first-order valence-electron chi connectivity index (χ1n) is 5.98. The van der Waals surface area contributed by atoms with Gasteiger partial charge in [-0.05, 0) is 24.3 Å². The van der Waals surface area contributed by atoms with E-state index in [2.05, 4.69) is 28.7 Å². The minimum atomic E-state index is -0.00763. The normalized spacial score (nSPS) is 24.7. The van der Waals surface area contributed by atoms with Gasteiger partial charge < -0.3 is 10.6 Å². The van der Waals surface area contributed by atoms with Crippen molar-refractivity contribution in [3.8, 4) is 0 Å². The quantitative estimate of drug-likeness (QED) is 0.595. The molecule has 0 aliphatic carbocycles. The Labute approximate surface area is 102 Å². The summed E-state index contributed by atoms with van der Waals surface area (Å²) in [5.41, 5.74) is 5.94. The average Bonchev–Trinajstić information content (AvgIpc) is 2.28. The molecule has 2 heterocycles. The van der Waals surface area contributed by atoms with E-state index in [-0.39, 0.29) is 5.84 Å². The third kappa shape index (κ3) is 2.72. The van der Waals surface area contributed by atoms with E-state index >= 15 is 0 Å². The van der Waals surface area contributed by atoms with Gasteiger partial charge in [0.15, 0.2) is 0 Å². The van der Waals surface area contributed by atoms with Gasteiger partial charge in [0, 0.05) is 19.3 Å². The number of nitrogen functional groups attached to an aromatic ring is 1. The molecule has 0 aromatic carbocycles. The summed E-state index contributed by atoms with van der Waals surface area (Å²) < 4.78 is 0. The highest BCUT2D eigenvalue weighted by molar-refractivity contribution is 5.93. The van der Waals surface area contributed by atoms with Crippen LogP contribution >= 0.6 is 0 Å². The van der Waals surface area contributed by atoms with Crippen LogP contribution in [-0.4, -0.2) is 28.9 Å². The van der Waals surface area contributed by atoms with Crippen LogP contribution in [-0.2, 0) is 0 Å². The van der Waals surface area contributed by atoms with Crippen molar-refractivity contribution in [1.82, 2.24) is 9.97 Å². The lowest BCUT2D eigenvalue weighted by Gasteiger charge is -2.35. The Morgan fingerprint density at radius 3 is 2.65 bits per heavy atom. The van der Waals surface area contributed by atoms with Crippen molar-refractivity contribution in [2.45, 2.75) is 20.3 Å². The molecule has 2 unspecified atom stereocenters. The van der Waals surface area contributed by atoms with Crippen molar-refractivity contribution in [2.75, 3.05) is 18.0 Å². The van der Waals surface area contributed by atoms with Crippen LogP contribution in [0.15, 0.2) is 12.3 Å². The lowest BCUT2D eigenvalue weighted by atomic mass is 9.92. The largest absolute Gasteiger partial charge is 0.382 e. The molecule has 0 spiro atoms. The van der Waals surface area contributed by atoms with E-state index in [1.54, 1.807) is 12.3 Å². The fraction of sp³-hybridized carbons (Fsp3) is 0.583. The molecule has 17 heavy (non-hydrogen) atoms. The molecule has 1 aliphatic rings. The van der Waals surface area contributed by atoms with Crippen molar-refractivity contribution >= 4 is 11.8 Å². The molecule has 1 fully saturated rings. The van der Waals surface area contributed by atoms with Gasteiger partial charge in [-0.1, -0.05) is 13.8 Å². The van der Waals surface area contributed by atoms with Gasteiger partial charge >= 0.3 is 0 Å². The summed E-state index contributed by atoms with van der Waals surface area (Å²) >= 11 is 0. The molecule has 5 nitrogen and oxygen atoms in total. The third-order valence-corrected chi connectivity index (χ3v) is 3.07. The van der Waals surface area contributed by atoms with Gasteiger partial charge in [0.25, 0.3) is 0 Å². The van der Waals surface area contributed by atoms with Gasteiger partial charge in [-0.15, -0.1) is 0 Å². The van der Waals surface area contributed by atoms with E-state index in [1.807, 2.05) is 0 Å². The van der Waals surface area contributed by atoms with Crippen LogP contribution in [0.25, 0.3) is 0 Å².